The Bertz CT molecular complexity index is 1060. The van der Waals surface area contributed by atoms with Gasteiger partial charge in [-0.3, -0.25) is 0 Å². The Kier molecular flexibility index (Phi) is 30.4. The number of esters is 1. The van der Waals surface area contributed by atoms with Crippen LogP contribution in [0.3, 0.4) is 0 Å². The molecule has 2 rings (SSSR count). The van der Waals surface area contributed by atoms with E-state index in [9.17, 15) is 4.79 Å². The molecule has 0 saturated carbocycles. The predicted octanol–water partition coefficient (Wildman–Crippen LogP) is 16.7. The second-order valence-electron chi connectivity index (χ2n) is 15.7. The van der Waals surface area contributed by atoms with Crippen molar-refractivity contribution in [1.82, 2.24) is 0 Å². The van der Waals surface area contributed by atoms with Crippen LogP contribution in [0.2, 0.25) is 0 Å². The van der Waals surface area contributed by atoms with Crippen molar-refractivity contribution in [1.29, 1.82) is 0 Å². The van der Waals surface area contributed by atoms with E-state index in [1.54, 1.807) is 0 Å². The molecule has 0 aliphatic rings. The second kappa shape index (κ2) is 34.5. The molecule has 0 unspecified atom stereocenters. The Morgan fingerprint density at radius 1 is 0.442 bits per heavy atom. The number of para-hydroxylation sites is 1. The van der Waals surface area contributed by atoms with E-state index in [0.717, 1.165) is 25.0 Å². The molecule has 0 bridgehead atoms. The Morgan fingerprint density at radius 3 is 1.25 bits per heavy atom. The van der Waals surface area contributed by atoms with E-state index in [-0.39, 0.29) is 5.97 Å². The first kappa shape index (κ1) is 45.9. The van der Waals surface area contributed by atoms with Crippen LogP contribution >= 0.6 is 0 Å². The van der Waals surface area contributed by atoms with E-state index in [1.165, 1.54) is 198 Å². The Hall–Kier alpha value is -2.29. The van der Waals surface area contributed by atoms with Gasteiger partial charge in [0.15, 0.2) is 0 Å². The summed E-state index contributed by atoms with van der Waals surface area (Å²) in [5.41, 5.74) is 1.75. The van der Waals surface area contributed by atoms with Gasteiger partial charge in [0.25, 0.3) is 0 Å². The molecule has 0 atom stereocenters. The lowest BCUT2D eigenvalue weighted by Crippen LogP contribution is -2.08. The van der Waals surface area contributed by atoms with Gasteiger partial charge in [0.1, 0.15) is 17.1 Å². The highest BCUT2D eigenvalue weighted by atomic mass is 16.5. The van der Waals surface area contributed by atoms with Crippen LogP contribution in [0, 0.1) is 0 Å². The summed E-state index contributed by atoms with van der Waals surface area (Å²) in [7, 11) is 0. The highest BCUT2D eigenvalue weighted by Gasteiger charge is 2.16. The van der Waals surface area contributed by atoms with Gasteiger partial charge in [0, 0.05) is 0 Å². The summed E-state index contributed by atoms with van der Waals surface area (Å²) < 4.78 is 12.0. The van der Waals surface area contributed by atoms with Crippen LogP contribution < -0.4 is 4.74 Å². The molecule has 0 saturated heterocycles. The number of rotatable bonds is 37. The van der Waals surface area contributed by atoms with E-state index in [4.69, 9.17) is 9.47 Å². The zero-order valence-corrected chi connectivity index (χ0v) is 34.4. The van der Waals surface area contributed by atoms with Gasteiger partial charge in [-0.15, -0.1) is 0 Å². The standard InChI is InChI=1S/C49H82O3/c1-3-5-7-9-11-13-15-17-19-21-23-25-27-29-31-34-38-45-41-42-47(48(44-45)52-46-39-35-33-36-40-46)49(50)51-43-37-32-30-28-26-24-22-20-18-16-14-12-10-8-6-4-2/h33,35-36,39-42,44H,3-32,34,37-38,43H2,1-2H3. The number of aryl methyl sites for hydroxylation is 1. The summed E-state index contributed by atoms with van der Waals surface area (Å²) in [4.78, 5) is 13.1. The van der Waals surface area contributed by atoms with Gasteiger partial charge in [-0.1, -0.05) is 231 Å². The average Bonchev–Trinajstić information content (AvgIpc) is 3.16. The van der Waals surface area contributed by atoms with Crippen molar-refractivity contribution >= 4 is 5.97 Å². The van der Waals surface area contributed by atoms with E-state index in [1.807, 2.05) is 36.4 Å². The number of hydrogen-bond acceptors (Lipinski definition) is 3. The van der Waals surface area contributed by atoms with Gasteiger partial charge in [-0.2, -0.15) is 0 Å². The lowest BCUT2D eigenvalue weighted by molar-refractivity contribution is 0.0495. The minimum absolute atomic E-state index is 0.277. The smallest absolute Gasteiger partial charge is 0.341 e. The molecule has 0 aliphatic heterocycles. The van der Waals surface area contributed by atoms with Crippen LogP contribution in [0.5, 0.6) is 11.5 Å². The fourth-order valence-corrected chi connectivity index (χ4v) is 7.36. The molecular formula is C49H82O3. The zero-order chi connectivity index (χ0) is 37.0. The van der Waals surface area contributed by atoms with Gasteiger partial charge in [-0.25, -0.2) is 4.79 Å². The Balaban J connectivity index is 1.56. The van der Waals surface area contributed by atoms with E-state index < -0.39 is 0 Å². The summed E-state index contributed by atoms with van der Waals surface area (Å²) in [5.74, 6) is 1.08. The Labute approximate surface area is 322 Å². The van der Waals surface area contributed by atoms with Crippen molar-refractivity contribution < 1.29 is 14.3 Å². The van der Waals surface area contributed by atoms with Crippen molar-refractivity contribution in [2.24, 2.45) is 0 Å². The molecule has 0 radical (unpaired) electrons. The van der Waals surface area contributed by atoms with Crippen molar-refractivity contribution in [3.63, 3.8) is 0 Å². The van der Waals surface area contributed by atoms with E-state index in [0.29, 0.717) is 17.9 Å². The summed E-state index contributed by atoms with van der Waals surface area (Å²) in [6.07, 6.45) is 44.5. The zero-order valence-electron chi connectivity index (χ0n) is 34.4. The Morgan fingerprint density at radius 2 is 0.827 bits per heavy atom. The topological polar surface area (TPSA) is 35.5 Å². The third-order valence-corrected chi connectivity index (χ3v) is 10.8. The molecule has 0 heterocycles. The number of carbonyl (C=O) groups is 1. The van der Waals surface area contributed by atoms with Crippen LogP contribution in [0.15, 0.2) is 48.5 Å². The third-order valence-electron chi connectivity index (χ3n) is 10.8. The maximum absolute atomic E-state index is 13.1. The molecule has 52 heavy (non-hydrogen) atoms. The van der Waals surface area contributed by atoms with Gasteiger partial charge in [-0.05, 0) is 49.1 Å². The predicted molar refractivity (Wildman–Crippen MR) is 226 cm³/mol. The van der Waals surface area contributed by atoms with Crippen molar-refractivity contribution in [3.05, 3.63) is 59.7 Å². The summed E-state index contributed by atoms with van der Waals surface area (Å²) in [6, 6.07) is 15.8. The third kappa shape index (κ3) is 25.6. The number of benzene rings is 2. The SMILES string of the molecule is CCCCCCCCCCCCCCCCCCOC(=O)c1ccc(CCCCCCCCCCCCCCCCCC)cc1Oc1ccccc1. The van der Waals surface area contributed by atoms with Crippen LogP contribution in [0.25, 0.3) is 0 Å². The van der Waals surface area contributed by atoms with Crippen molar-refractivity contribution in [3.8, 4) is 11.5 Å². The fourth-order valence-electron chi connectivity index (χ4n) is 7.36. The molecule has 0 N–H and O–H groups in total. The minimum Gasteiger partial charge on any atom is -0.462 e. The van der Waals surface area contributed by atoms with Gasteiger partial charge in [0.05, 0.1) is 6.61 Å². The molecule has 296 valence electrons. The maximum Gasteiger partial charge on any atom is 0.341 e. The molecule has 0 amide bonds. The van der Waals surface area contributed by atoms with Crippen LogP contribution in [-0.4, -0.2) is 12.6 Å². The highest BCUT2D eigenvalue weighted by Crippen LogP contribution is 2.28. The minimum atomic E-state index is -0.277. The maximum atomic E-state index is 13.1. The first-order valence-electron chi connectivity index (χ1n) is 22.8. The van der Waals surface area contributed by atoms with E-state index in [2.05, 4.69) is 26.0 Å². The molecule has 2 aromatic carbocycles. The van der Waals surface area contributed by atoms with Gasteiger partial charge < -0.3 is 9.47 Å². The van der Waals surface area contributed by atoms with Crippen molar-refractivity contribution in [2.75, 3.05) is 6.61 Å². The van der Waals surface area contributed by atoms with Crippen molar-refractivity contribution in [2.45, 2.75) is 226 Å². The molecule has 3 heteroatoms. The molecular weight excluding hydrogens is 637 g/mol. The molecule has 0 fully saturated rings. The lowest BCUT2D eigenvalue weighted by Gasteiger charge is -2.13. The van der Waals surface area contributed by atoms with Crippen LogP contribution in [0.4, 0.5) is 0 Å². The molecule has 2 aromatic rings. The van der Waals surface area contributed by atoms with Crippen LogP contribution in [0.1, 0.15) is 235 Å². The first-order valence-corrected chi connectivity index (χ1v) is 22.8. The summed E-state index contributed by atoms with van der Waals surface area (Å²) in [5, 5.41) is 0. The normalized spacial score (nSPS) is 11.3. The van der Waals surface area contributed by atoms with E-state index >= 15 is 0 Å². The first-order chi connectivity index (χ1) is 25.7. The largest absolute Gasteiger partial charge is 0.462 e. The second-order valence-corrected chi connectivity index (χ2v) is 15.7. The molecule has 3 nitrogen and oxygen atoms in total. The quantitative estimate of drug-likeness (QED) is 0.0515. The number of carbonyl (C=O) groups excluding carboxylic acids is 1. The molecule has 0 aliphatic carbocycles. The number of unbranched alkanes of at least 4 members (excludes halogenated alkanes) is 30. The summed E-state index contributed by atoms with van der Waals surface area (Å²) in [6.45, 7) is 5.06. The average molecular weight is 719 g/mol. The monoisotopic (exact) mass is 719 g/mol. The fraction of sp³-hybridized carbons (Fsp3) is 0.735. The van der Waals surface area contributed by atoms with Gasteiger partial charge >= 0.3 is 5.97 Å². The molecule has 0 aromatic heterocycles. The lowest BCUT2D eigenvalue weighted by atomic mass is 10.0. The molecule has 0 spiro atoms. The van der Waals surface area contributed by atoms with Crippen LogP contribution in [-0.2, 0) is 11.2 Å². The van der Waals surface area contributed by atoms with Gasteiger partial charge in [0.2, 0.25) is 0 Å². The number of ether oxygens (including phenoxy) is 2. The number of hydrogen-bond donors (Lipinski definition) is 0. The highest BCUT2D eigenvalue weighted by molar-refractivity contribution is 5.92. The summed E-state index contributed by atoms with van der Waals surface area (Å²) >= 11 is 0.